The van der Waals surface area contributed by atoms with Crippen LogP contribution in [0.5, 0.6) is 0 Å². The SMILES string of the molecule is CC(C)(C)OC(=O)N1CCC(n2nnc3c(N4CCOCC4)nc(-c4cnc(N)nc4)nc32)CC1. The van der Waals surface area contributed by atoms with Crippen molar-refractivity contribution in [1.29, 1.82) is 0 Å². The molecule has 13 heteroatoms. The quantitative estimate of drug-likeness (QED) is 0.580. The van der Waals surface area contributed by atoms with Gasteiger partial charge in [0.25, 0.3) is 0 Å². The first kappa shape index (κ1) is 23.1. The third-order valence-corrected chi connectivity index (χ3v) is 6.01. The third-order valence-electron chi connectivity index (χ3n) is 6.01. The summed E-state index contributed by atoms with van der Waals surface area (Å²) in [5.41, 5.74) is 7.08. The molecule has 0 bridgehead atoms. The topological polar surface area (TPSA) is 150 Å². The summed E-state index contributed by atoms with van der Waals surface area (Å²) in [6, 6.07) is 0.0432. The number of hydrogen-bond donors (Lipinski definition) is 1. The number of nitrogens with zero attached hydrogens (tertiary/aromatic N) is 9. The maximum atomic E-state index is 12.5. The first-order chi connectivity index (χ1) is 16.8. The number of amides is 1. The van der Waals surface area contributed by atoms with Crippen molar-refractivity contribution in [2.45, 2.75) is 45.3 Å². The first-order valence-corrected chi connectivity index (χ1v) is 11.8. The van der Waals surface area contributed by atoms with E-state index in [9.17, 15) is 4.79 Å². The highest BCUT2D eigenvalue weighted by Gasteiger charge is 2.30. The number of piperidine rings is 1. The van der Waals surface area contributed by atoms with Crippen molar-refractivity contribution in [1.82, 2.24) is 39.8 Å². The van der Waals surface area contributed by atoms with Crippen LogP contribution in [-0.4, -0.2) is 90.9 Å². The van der Waals surface area contributed by atoms with E-state index >= 15 is 0 Å². The molecule has 5 heterocycles. The molecule has 3 aromatic heterocycles. The Balaban J connectivity index is 1.46. The van der Waals surface area contributed by atoms with Crippen LogP contribution in [0.3, 0.4) is 0 Å². The van der Waals surface area contributed by atoms with Gasteiger partial charge >= 0.3 is 6.09 Å². The number of aromatic nitrogens is 7. The minimum Gasteiger partial charge on any atom is -0.444 e. The molecule has 2 N–H and O–H groups in total. The van der Waals surface area contributed by atoms with Crippen molar-refractivity contribution in [2.75, 3.05) is 50.0 Å². The van der Waals surface area contributed by atoms with E-state index in [1.54, 1.807) is 17.3 Å². The number of hydrogen-bond acceptors (Lipinski definition) is 11. The largest absolute Gasteiger partial charge is 0.444 e. The predicted octanol–water partition coefficient (Wildman–Crippen LogP) is 1.67. The normalized spacial score (nSPS) is 17.7. The summed E-state index contributed by atoms with van der Waals surface area (Å²) in [5.74, 6) is 1.38. The average molecular weight is 483 g/mol. The zero-order valence-corrected chi connectivity index (χ0v) is 20.2. The highest BCUT2D eigenvalue weighted by Crippen LogP contribution is 2.31. The molecule has 1 amide bonds. The summed E-state index contributed by atoms with van der Waals surface area (Å²) in [6.45, 7) is 9.38. The lowest BCUT2D eigenvalue weighted by Gasteiger charge is -2.33. The van der Waals surface area contributed by atoms with E-state index in [4.69, 9.17) is 25.2 Å². The van der Waals surface area contributed by atoms with Gasteiger partial charge in [0.15, 0.2) is 22.8 Å². The number of likely N-dealkylation sites (tertiary alicyclic amines) is 1. The number of nitrogen functional groups attached to an aromatic ring is 1. The summed E-state index contributed by atoms with van der Waals surface area (Å²) >= 11 is 0. The molecule has 2 fully saturated rings. The van der Waals surface area contributed by atoms with Crippen molar-refractivity contribution < 1.29 is 14.3 Å². The van der Waals surface area contributed by atoms with Crippen molar-refractivity contribution >= 4 is 29.0 Å². The Morgan fingerprint density at radius 3 is 2.43 bits per heavy atom. The van der Waals surface area contributed by atoms with Crippen LogP contribution in [0.2, 0.25) is 0 Å². The molecule has 0 atom stereocenters. The van der Waals surface area contributed by atoms with Gasteiger partial charge < -0.3 is 25.0 Å². The zero-order chi connectivity index (χ0) is 24.6. The number of carbonyl (C=O) groups is 1. The van der Waals surface area contributed by atoms with Crippen molar-refractivity contribution in [3.8, 4) is 11.4 Å². The Morgan fingerprint density at radius 1 is 1.09 bits per heavy atom. The Bertz CT molecular complexity index is 1190. The number of anilines is 2. The molecule has 2 aliphatic rings. The lowest BCUT2D eigenvalue weighted by atomic mass is 10.1. The monoisotopic (exact) mass is 482 g/mol. The van der Waals surface area contributed by atoms with Gasteiger partial charge in [0.2, 0.25) is 5.95 Å². The Kier molecular flexibility index (Phi) is 6.09. The highest BCUT2D eigenvalue weighted by molar-refractivity contribution is 5.85. The van der Waals surface area contributed by atoms with Crippen LogP contribution in [-0.2, 0) is 9.47 Å². The van der Waals surface area contributed by atoms with Crippen molar-refractivity contribution in [3.63, 3.8) is 0 Å². The summed E-state index contributed by atoms with van der Waals surface area (Å²) < 4.78 is 12.9. The number of nitrogens with two attached hydrogens (primary N) is 1. The van der Waals surface area contributed by atoms with Gasteiger partial charge in [-0.15, -0.1) is 5.10 Å². The van der Waals surface area contributed by atoms with Crippen LogP contribution in [0.1, 0.15) is 39.7 Å². The fourth-order valence-electron chi connectivity index (χ4n) is 4.26. The van der Waals surface area contributed by atoms with Crippen LogP contribution in [0.15, 0.2) is 12.4 Å². The predicted molar refractivity (Wildman–Crippen MR) is 128 cm³/mol. The molecule has 2 saturated heterocycles. The van der Waals surface area contributed by atoms with Crippen LogP contribution >= 0.6 is 0 Å². The summed E-state index contributed by atoms with van der Waals surface area (Å²) in [5, 5.41) is 8.94. The standard InChI is InChI=1S/C22H30N10O3/c1-22(2,3)35-21(33)31-6-4-15(5-7-31)32-19-16(28-29-32)18(30-8-10-34-11-9-30)26-17(27-19)14-12-24-20(23)25-13-14/h12-13,15H,4-11H2,1-3H3,(H2,23,24,25). The number of carbonyl (C=O) groups excluding carboxylic acids is 1. The Labute approximate surface area is 202 Å². The molecular formula is C22H30N10O3. The Hall–Kier alpha value is -3.61. The number of ether oxygens (including phenoxy) is 2. The molecule has 5 rings (SSSR count). The fourth-order valence-corrected chi connectivity index (χ4v) is 4.26. The van der Waals surface area contributed by atoms with Crippen LogP contribution in [0.25, 0.3) is 22.6 Å². The minimum atomic E-state index is -0.523. The highest BCUT2D eigenvalue weighted by atomic mass is 16.6. The van der Waals surface area contributed by atoms with Gasteiger partial charge in [-0.1, -0.05) is 5.21 Å². The van der Waals surface area contributed by atoms with Gasteiger partial charge in [-0.05, 0) is 33.6 Å². The van der Waals surface area contributed by atoms with Gasteiger partial charge in [-0.25, -0.2) is 29.4 Å². The fraction of sp³-hybridized carbons (Fsp3) is 0.591. The summed E-state index contributed by atoms with van der Waals surface area (Å²) in [6.07, 6.45) is 4.37. The second-order valence-electron chi connectivity index (χ2n) is 9.70. The van der Waals surface area contributed by atoms with E-state index in [0.29, 0.717) is 67.8 Å². The van der Waals surface area contributed by atoms with E-state index in [-0.39, 0.29) is 18.1 Å². The van der Waals surface area contributed by atoms with Gasteiger partial charge in [0.05, 0.1) is 24.8 Å². The molecule has 0 aromatic carbocycles. The molecule has 0 aliphatic carbocycles. The smallest absolute Gasteiger partial charge is 0.410 e. The van der Waals surface area contributed by atoms with Gasteiger partial charge in [-0.2, -0.15) is 0 Å². The molecule has 35 heavy (non-hydrogen) atoms. The average Bonchev–Trinajstić information content (AvgIpc) is 3.27. The van der Waals surface area contributed by atoms with E-state index < -0.39 is 5.60 Å². The number of rotatable bonds is 3. The number of morpholine rings is 1. The van der Waals surface area contributed by atoms with Crippen molar-refractivity contribution in [3.05, 3.63) is 12.4 Å². The molecular weight excluding hydrogens is 452 g/mol. The molecule has 3 aromatic rings. The second kappa shape index (κ2) is 9.21. The van der Waals surface area contributed by atoms with Crippen LogP contribution in [0.4, 0.5) is 16.6 Å². The maximum Gasteiger partial charge on any atom is 0.410 e. The van der Waals surface area contributed by atoms with Crippen LogP contribution < -0.4 is 10.6 Å². The van der Waals surface area contributed by atoms with Gasteiger partial charge in [0, 0.05) is 38.6 Å². The molecule has 0 radical (unpaired) electrons. The van der Waals surface area contributed by atoms with Crippen molar-refractivity contribution in [2.24, 2.45) is 0 Å². The molecule has 0 spiro atoms. The minimum absolute atomic E-state index is 0.0432. The molecule has 2 aliphatic heterocycles. The summed E-state index contributed by atoms with van der Waals surface area (Å²) in [7, 11) is 0. The van der Waals surface area contributed by atoms with Gasteiger partial charge in [-0.3, -0.25) is 0 Å². The lowest BCUT2D eigenvalue weighted by Crippen LogP contribution is -2.42. The number of fused-ring (bicyclic) bond motifs is 1. The maximum absolute atomic E-state index is 12.5. The zero-order valence-electron chi connectivity index (χ0n) is 20.2. The van der Waals surface area contributed by atoms with E-state index in [1.165, 1.54) is 0 Å². The molecule has 0 unspecified atom stereocenters. The van der Waals surface area contributed by atoms with Crippen LogP contribution in [0, 0.1) is 0 Å². The lowest BCUT2D eigenvalue weighted by molar-refractivity contribution is 0.0185. The Morgan fingerprint density at radius 2 is 1.77 bits per heavy atom. The first-order valence-electron chi connectivity index (χ1n) is 11.8. The van der Waals surface area contributed by atoms with E-state index in [2.05, 4.69) is 25.2 Å². The van der Waals surface area contributed by atoms with E-state index in [0.717, 1.165) is 12.8 Å². The third kappa shape index (κ3) is 4.94. The van der Waals surface area contributed by atoms with E-state index in [1.807, 2.05) is 25.5 Å². The summed E-state index contributed by atoms with van der Waals surface area (Å²) in [4.78, 5) is 34.2. The molecule has 0 saturated carbocycles. The van der Waals surface area contributed by atoms with Gasteiger partial charge in [0.1, 0.15) is 5.60 Å². The molecule has 186 valence electrons. The molecule has 13 nitrogen and oxygen atoms in total. The second-order valence-corrected chi connectivity index (χ2v) is 9.70.